The SMILES string of the molecule is COCCN(CCC(=O)Nc1c(Cl)cccc1Cl)CC(=O)Nc1cccc(C)c1C. The number of nitrogens with zero attached hydrogens (tertiary/aromatic N) is 1. The summed E-state index contributed by atoms with van der Waals surface area (Å²) in [5, 5.41) is 6.43. The van der Waals surface area contributed by atoms with Crippen LogP contribution in [0.1, 0.15) is 17.5 Å². The van der Waals surface area contributed by atoms with E-state index in [1.165, 1.54) is 0 Å². The maximum Gasteiger partial charge on any atom is 0.238 e. The zero-order valence-corrected chi connectivity index (χ0v) is 18.9. The second kappa shape index (κ2) is 11.9. The number of carbonyl (C=O) groups is 2. The van der Waals surface area contributed by atoms with E-state index in [9.17, 15) is 9.59 Å². The Balaban J connectivity index is 1.93. The molecule has 8 heteroatoms. The summed E-state index contributed by atoms with van der Waals surface area (Å²) in [6, 6.07) is 10.8. The molecule has 0 bridgehead atoms. The van der Waals surface area contributed by atoms with E-state index in [1.54, 1.807) is 25.3 Å². The van der Waals surface area contributed by atoms with Crippen molar-refractivity contribution in [3.63, 3.8) is 0 Å². The van der Waals surface area contributed by atoms with E-state index in [0.29, 0.717) is 35.4 Å². The summed E-state index contributed by atoms with van der Waals surface area (Å²) in [5.41, 5.74) is 3.32. The van der Waals surface area contributed by atoms with Crippen molar-refractivity contribution < 1.29 is 14.3 Å². The van der Waals surface area contributed by atoms with Crippen LogP contribution in [0.15, 0.2) is 36.4 Å². The van der Waals surface area contributed by atoms with E-state index in [1.807, 2.05) is 36.9 Å². The number of para-hydroxylation sites is 1. The number of carbonyl (C=O) groups excluding carboxylic acids is 2. The third kappa shape index (κ3) is 7.29. The predicted octanol–water partition coefficient (Wildman–Crippen LogP) is 4.53. The molecule has 2 aromatic carbocycles. The van der Waals surface area contributed by atoms with Crippen LogP contribution in [-0.2, 0) is 14.3 Å². The van der Waals surface area contributed by atoms with Crippen molar-refractivity contribution in [1.82, 2.24) is 4.90 Å². The van der Waals surface area contributed by atoms with E-state index >= 15 is 0 Å². The number of ether oxygens (including phenoxy) is 1. The Bertz CT molecular complexity index is 870. The highest BCUT2D eigenvalue weighted by Crippen LogP contribution is 2.29. The van der Waals surface area contributed by atoms with Crippen LogP contribution < -0.4 is 10.6 Å². The van der Waals surface area contributed by atoms with Crippen molar-refractivity contribution in [3.05, 3.63) is 57.6 Å². The average molecular weight is 452 g/mol. The Morgan fingerprint density at radius 3 is 2.30 bits per heavy atom. The van der Waals surface area contributed by atoms with Crippen LogP contribution in [-0.4, -0.2) is 50.1 Å². The molecule has 0 atom stereocenters. The largest absolute Gasteiger partial charge is 0.383 e. The van der Waals surface area contributed by atoms with Gasteiger partial charge in [0, 0.05) is 32.3 Å². The van der Waals surface area contributed by atoms with Crippen LogP contribution in [0.2, 0.25) is 10.0 Å². The van der Waals surface area contributed by atoms with Crippen molar-refractivity contribution >= 4 is 46.4 Å². The van der Waals surface area contributed by atoms with Crippen LogP contribution in [0.25, 0.3) is 0 Å². The summed E-state index contributed by atoms with van der Waals surface area (Å²) in [6.45, 7) is 5.48. The molecule has 0 spiro atoms. The summed E-state index contributed by atoms with van der Waals surface area (Å²) < 4.78 is 5.13. The molecular formula is C22H27Cl2N3O3. The number of anilines is 2. The third-order valence-corrected chi connectivity index (χ3v) is 5.37. The summed E-state index contributed by atoms with van der Waals surface area (Å²) in [6.07, 6.45) is 0.183. The minimum Gasteiger partial charge on any atom is -0.383 e. The van der Waals surface area contributed by atoms with Crippen LogP contribution in [0.4, 0.5) is 11.4 Å². The second-order valence-corrected chi connectivity index (χ2v) is 7.77. The number of amides is 2. The fraction of sp³-hybridized carbons (Fsp3) is 0.364. The van der Waals surface area contributed by atoms with E-state index in [-0.39, 0.29) is 24.8 Å². The van der Waals surface area contributed by atoms with Gasteiger partial charge in [-0.2, -0.15) is 0 Å². The molecule has 0 aliphatic carbocycles. The minimum atomic E-state index is -0.234. The lowest BCUT2D eigenvalue weighted by atomic mass is 10.1. The Hall–Kier alpha value is -2.12. The zero-order chi connectivity index (χ0) is 22.1. The lowest BCUT2D eigenvalue weighted by Gasteiger charge is -2.22. The lowest BCUT2D eigenvalue weighted by Crippen LogP contribution is -2.37. The number of nitrogens with one attached hydrogen (secondary N) is 2. The number of benzene rings is 2. The van der Waals surface area contributed by atoms with E-state index in [2.05, 4.69) is 10.6 Å². The standard InChI is InChI=1S/C22H27Cl2N3O3/c1-15-6-4-9-19(16(15)2)25-21(29)14-27(12-13-30-3)11-10-20(28)26-22-17(23)7-5-8-18(22)24/h4-9H,10-14H2,1-3H3,(H,25,29)(H,26,28). The number of methoxy groups -OCH3 is 1. The van der Waals surface area contributed by atoms with E-state index < -0.39 is 0 Å². The fourth-order valence-electron chi connectivity index (χ4n) is 2.85. The molecule has 0 heterocycles. The highest BCUT2D eigenvalue weighted by Gasteiger charge is 2.15. The minimum absolute atomic E-state index is 0.144. The molecular weight excluding hydrogens is 425 g/mol. The topological polar surface area (TPSA) is 70.7 Å². The monoisotopic (exact) mass is 451 g/mol. The molecule has 0 radical (unpaired) electrons. The fourth-order valence-corrected chi connectivity index (χ4v) is 3.34. The van der Waals surface area contributed by atoms with Gasteiger partial charge in [0.25, 0.3) is 0 Å². The molecule has 30 heavy (non-hydrogen) atoms. The molecule has 2 N–H and O–H groups in total. The Labute approximate surface area is 187 Å². The smallest absolute Gasteiger partial charge is 0.238 e. The summed E-state index contributed by atoms with van der Waals surface area (Å²) in [5.74, 6) is -0.378. The lowest BCUT2D eigenvalue weighted by molar-refractivity contribution is -0.119. The first-order valence-corrected chi connectivity index (χ1v) is 10.4. The van der Waals surface area contributed by atoms with Crippen LogP contribution in [0.5, 0.6) is 0 Å². The predicted molar refractivity (Wildman–Crippen MR) is 123 cm³/mol. The van der Waals surface area contributed by atoms with Gasteiger partial charge in [-0.05, 0) is 43.2 Å². The van der Waals surface area contributed by atoms with Crippen LogP contribution in [0, 0.1) is 13.8 Å². The third-order valence-electron chi connectivity index (χ3n) is 4.74. The molecule has 0 saturated heterocycles. The van der Waals surface area contributed by atoms with Gasteiger partial charge in [0.1, 0.15) is 0 Å². The highest BCUT2D eigenvalue weighted by molar-refractivity contribution is 6.39. The van der Waals surface area contributed by atoms with Gasteiger partial charge in [0.15, 0.2) is 0 Å². The number of halogens is 2. The second-order valence-electron chi connectivity index (χ2n) is 6.96. The van der Waals surface area contributed by atoms with Crippen LogP contribution >= 0.6 is 23.2 Å². The average Bonchev–Trinajstić information content (AvgIpc) is 2.70. The number of hydrogen-bond donors (Lipinski definition) is 2. The van der Waals surface area contributed by atoms with Crippen molar-refractivity contribution in [3.8, 4) is 0 Å². The molecule has 6 nitrogen and oxygen atoms in total. The molecule has 2 rings (SSSR count). The summed E-state index contributed by atoms with van der Waals surface area (Å²) >= 11 is 12.2. The van der Waals surface area contributed by atoms with Gasteiger partial charge >= 0.3 is 0 Å². The van der Waals surface area contributed by atoms with Gasteiger partial charge < -0.3 is 15.4 Å². The van der Waals surface area contributed by atoms with Crippen LogP contribution in [0.3, 0.4) is 0 Å². The molecule has 0 aliphatic heterocycles. The molecule has 162 valence electrons. The van der Waals surface area contributed by atoms with Crippen molar-refractivity contribution in [1.29, 1.82) is 0 Å². The Morgan fingerprint density at radius 1 is 0.967 bits per heavy atom. The summed E-state index contributed by atoms with van der Waals surface area (Å²) in [7, 11) is 1.60. The quantitative estimate of drug-likeness (QED) is 0.556. The van der Waals surface area contributed by atoms with E-state index in [0.717, 1.165) is 16.8 Å². The Kier molecular flexibility index (Phi) is 9.59. The Morgan fingerprint density at radius 2 is 1.63 bits per heavy atom. The van der Waals surface area contributed by atoms with Gasteiger partial charge in [0.05, 0.1) is 28.9 Å². The molecule has 0 saturated carbocycles. The van der Waals surface area contributed by atoms with Gasteiger partial charge in [0.2, 0.25) is 11.8 Å². The van der Waals surface area contributed by atoms with Crippen molar-refractivity contribution in [2.75, 3.05) is 44.0 Å². The van der Waals surface area contributed by atoms with Gasteiger partial charge in [-0.25, -0.2) is 0 Å². The van der Waals surface area contributed by atoms with Gasteiger partial charge in [-0.15, -0.1) is 0 Å². The number of rotatable bonds is 10. The maximum absolute atomic E-state index is 12.5. The van der Waals surface area contributed by atoms with E-state index in [4.69, 9.17) is 27.9 Å². The van der Waals surface area contributed by atoms with Gasteiger partial charge in [-0.1, -0.05) is 41.4 Å². The number of hydrogen-bond acceptors (Lipinski definition) is 4. The van der Waals surface area contributed by atoms with Crippen molar-refractivity contribution in [2.24, 2.45) is 0 Å². The molecule has 0 unspecified atom stereocenters. The maximum atomic E-state index is 12.5. The number of aryl methyl sites for hydroxylation is 1. The van der Waals surface area contributed by atoms with Gasteiger partial charge in [-0.3, -0.25) is 14.5 Å². The molecule has 0 aromatic heterocycles. The summed E-state index contributed by atoms with van der Waals surface area (Å²) in [4.78, 5) is 26.8. The first-order valence-electron chi connectivity index (χ1n) is 9.63. The highest BCUT2D eigenvalue weighted by atomic mass is 35.5. The normalized spacial score (nSPS) is 10.9. The zero-order valence-electron chi connectivity index (χ0n) is 17.4. The molecule has 2 aromatic rings. The molecule has 2 amide bonds. The molecule has 0 fully saturated rings. The van der Waals surface area contributed by atoms with Crippen molar-refractivity contribution in [2.45, 2.75) is 20.3 Å². The molecule has 0 aliphatic rings. The first-order chi connectivity index (χ1) is 14.3. The first kappa shape index (κ1) is 24.2.